The first kappa shape index (κ1) is 12.4. The van der Waals surface area contributed by atoms with Gasteiger partial charge >= 0.3 is 0 Å². The molecule has 17 heavy (non-hydrogen) atoms. The molecule has 1 aliphatic heterocycles. The van der Waals surface area contributed by atoms with E-state index in [0.29, 0.717) is 5.75 Å². The van der Waals surface area contributed by atoms with E-state index in [1.165, 1.54) is 12.8 Å². The summed E-state index contributed by atoms with van der Waals surface area (Å²) in [7, 11) is 0. The molecule has 2 rings (SSSR count). The Hall–Kier alpha value is -1.06. The normalized spacial score (nSPS) is 18.5. The number of piperidine rings is 1. The molecule has 1 fully saturated rings. The number of phenols is 1. The number of hydrogen-bond acceptors (Lipinski definition) is 3. The largest absolute Gasteiger partial charge is 0.508 e. The van der Waals surface area contributed by atoms with Gasteiger partial charge in [-0.1, -0.05) is 19.1 Å². The van der Waals surface area contributed by atoms with E-state index in [1.807, 2.05) is 12.1 Å². The molecule has 0 aromatic heterocycles. The van der Waals surface area contributed by atoms with Crippen molar-refractivity contribution < 1.29 is 10.2 Å². The van der Waals surface area contributed by atoms with Gasteiger partial charge in [0.2, 0.25) is 0 Å². The van der Waals surface area contributed by atoms with Gasteiger partial charge in [-0.15, -0.1) is 0 Å². The standard InChI is InChI=1S/C14H21NO2/c1-11-4-6-15(7-5-11)9-13-3-2-12(10-16)8-14(13)17/h2-3,8,11,16-17H,4-7,9-10H2,1H3. The van der Waals surface area contributed by atoms with Crippen molar-refractivity contribution in [2.45, 2.75) is 32.9 Å². The molecule has 1 aliphatic rings. The van der Waals surface area contributed by atoms with Crippen LogP contribution in [0.1, 0.15) is 30.9 Å². The molecule has 0 bridgehead atoms. The van der Waals surface area contributed by atoms with E-state index in [9.17, 15) is 5.11 Å². The Balaban J connectivity index is 1.99. The summed E-state index contributed by atoms with van der Waals surface area (Å²) in [6, 6.07) is 5.45. The predicted molar refractivity (Wildman–Crippen MR) is 67.7 cm³/mol. The van der Waals surface area contributed by atoms with Crippen molar-refractivity contribution in [2.24, 2.45) is 5.92 Å². The van der Waals surface area contributed by atoms with Crippen LogP contribution in [0.4, 0.5) is 0 Å². The molecule has 0 radical (unpaired) electrons. The number of benzene rings is 1. The molecule has 1 aromatic carbocycles. The summed E-state index contributed by atoms with van der Waals surface area (Å²) < 4.78 is 0. The molecule has 3 heteroatoms. The van der Waals surface area contributed by atoms with E-state index in [0.717, 1.165) is 36.7 Å². The number of nitrogens with zero attached hydrogens (tertiary/aromatic N) is 1. The van der Waals surface area contributed by atoms with Gasteiger partial charge in [0.1, 0.15) is 5.75 Å². The van der Waals surface area contributed by atoms with E-state index in [-0.39, 0.29) is 6.61 Å². The number of hydrogen-bond donors (Lipinski definition) is 2. The Labute approximate surface area is 103 Å². The van der Waals surface area contributed by atoms with Gasteiger partial charge in [0, 0.05) is 12.1 Å². The van der Waals surface area contributed by atoms with Crippen molar-refractivity contribution in [3.63, 3.8) is 0 Å². The molecule has 2 N–H and O–H groups in total. The van der Waals surface area contributed by atoms with E-state index in [1.54, 1.807) is 6.07 Å². The van der Waals surface area contributed by atoms with Crippen LogP contribution < -0.4 is 0 Å². The van der Waals surface area contributed by atoms with Crippen molar-refractivity contribution in [1.82, 2.24) is 4.90 Å². The minimum absolute atomic E-state index is 0.0188. The van der Waals surface area contributed by atoms with Crippen LogP contribution in [0.3, 0.4) is 0 Å². The molecule has 94 valence electrons. The highest BCUT2D eigenvalue weighted by molar-refractivity contribution is 5.36. The van der Waals surface area contributed by atoms with Crippen LogP contribution in [0.2, 0.25) is 0 Å². The van der Waals surface area contributed by atoms with Crippen LogP contribution in [0.15, 0.2) is 18.2 Å². The highest BCUT2D eigenvalue weighted by Crippen LogP contribution is 2.23. The lowest BCUT2D eigenvalue weighted by Crippen LogP contribution is -2.32. The monoisotopic (exact) mass is 235 g/mol. The Bertz CT molecular complexity index is 370. The molecule has 0 spiro atoms. The van der Waals surface area contributed by atoms with Crippen molar-refractivity contribution in [3.05, 3.63) is 29.3 Å². The van der Waals surface area contributed by atoms with E-state index in [4.69, 9.17) is 5.11 Å². The van der Waals surface area contributed by atoms with E-state index in [2.05, 4.69) is 11.8 Å². The predicted octanol–water partition coefficient (Wildman–Crippen LogP) is 2.12. The number of rotatable bonds is 3. The van der Waals surface area contributed by atoms with Gasteiger partial charge in [0.25, 0.3) is 0 Å². The molecule has 3 nitrogen and oxygen atoms in total. The Morgan fingerprint density at radius 2 is 2.00 bits per heavy atom. The third-order valence-electron chi connectivity index (χ3n) is 3.60. The Kier molecular flexibility index (Phi) is 4.02. The van der Waals surface area contributed by atoms with E-state index < -0.39 is 0 Å². The minimum Gasteiger partial charge on any atom is -0.508 e. The van der Waals surface area contributed by atoms with Crippen LogP contribution in [0, 0.1) is 5.92 Å². The fraction of sp³-hybridized carbons (Fsp3) is 0.571. The molecule has 0 saturated carbocycles. The summed E-state index contributed by atoms with van der Waals surface area (Å²) in [4.78, 5) is 2.38. The average Bonchev–Trinajstić information content (AvgIpc) is 2.34. The van der Waals surface area contributed by atoms with Crippen LogP contribution in [0.5, 0.6) is 5.75 Å². The van der Waals surface area contributed by atoms with Gasteiger partial charge in [-0.2, -0.15) is 0 Å². The summed E-state index contributed by atoms with van der Waals surface area (Å²) in [5, 5.41) is 18.8. The first-order valence-electron chi connectivity index (χ1n) is 6.33. The van der Waals surface area contributed by atoms with Crippen molar-refractivity contribution in [1.29, 1.82) is 0 Å². The zero-order chi connectivity index (χ0) is 12.3. The molecule has 0 aliphatic carbocycles. The second-order valence-corrected chi connectivity index (χ2v) is 5.08. The SMILES string of the molecule is CC1CCN(Cc2ccc(CO)cc2O)CC1. The molecule has 1 saturated heterocycles. The number of aliphatic hydroxyl groups excluding tert-OH is 1. The second kappa shape index (κ2) is 5.52. The van der Waals surface area contributed by atoms with Crippen LogP contribution >= 0.6 is 0 Å². The lowest BCUT2D eigenvalue weighted by atomic mass is 9.98. The van der Waals surface area contributed by atoms with Gasteiger partial charge in [-0.25, -0.2) is 0 Å². The lowest BCUT2D eigenvalue weighted by molar-refractivity contribution is 0.183. The smallest absolute Gasteiger partial charge is 0.120 e. The molecular formula is C14H21NO2. The summed E-state index contributed by atoms with van der Waals surface area (Å²) in [6.07, 6.45) is 2.49. The summed E-state index contributed by atoms with van der Waals surface area (Å²) >= 11 is 0. The quantitative estimate of drug-likeness (QED) is 0.843. The Morgan fingerprint density at radius 1 is 1.29 bits per heavy atom. The van der Waals surface area contributed by atoms with Crippen molar-refractivity contribution >= 4 is 0 Å². The molecule has 0 unspecified atom stereocenters. The summed E-state index contributed by atoms with van der Waals surface area (Å²) in [5.41, 5.74) is 1.72. The minimum atomic E-state index is -0.0188. The van der Waals surface area contributed by atoms with Gasteiger partial charge in [-0.05, 0) is 43.5 Å². The maximum absolute atomic E-state index is 9.87. The van der Waals surface area contributed by atoms with Gasteiger partial charge in [0.15, 0.2) is 0 Å². The number of aromatic hydroxyl groups is 1. The first-order valence-corrected chi connectivity index (χ1v) is 6.33. The molecule has 0 atom stereocenters. The fourth-order valence-corrected chi connectivity index (χ4v) is 2.30. The van der Waals surface area contributed by atoms with Gasteiger partial charge in [0.05, 0.1) is 6.61 Å². The molecule has 1 heterocycles. The fourth-order valence-electron chi connectivity index (χ4n) is 2.30. The molecular weight excluding hydrogens is 214 g/mol. The second-order valence-electron chi connectivity index (χ2n) is 5.08. The average molecular weight is 235 g/mol. The lowest BCUT2D eigenvalue weighted by Gasteiger charge is -2.30. The van der Waals surface area contributed by atoms with Crippen LogP contribution in [-0.4, -0.2) is 28.2 Å². The highest BCUT2D eigenvalue weighted by atomic mass is 16.3. The van der Waals surface area contributed by atoms with Crippen molar-refractivity contribution in [2.75, 3.05) is 13.1 Å². The zero-order valence-corrected chi connectivity index (χ0v) is 10.4. The number of likely N-dealkylation sites (tertiary alicyclic amines) is 1. The molecule has 1 aromatic rings. The van der Waals surface area contributed by atoms with Gasteiger partial charge in [-0.3, -0.25) is 4.90 Å². The number of aliphatic hydroxyl groups is 1. The third-order valence-corrected chi connectivity index (χ3v) is 3.60. The summed E-state index contributed by atoms with van der Waals surface area (Å²) in [5.74, 6) is 1.13. The maximum Gasteiger partial charge on any atom is 0.120 e. The first-order chi connectivity index (χ1) is 8.19. The highest BCUT2D eigenvalue weighted by Gasteiger charge is 2.16. The van der Waals surface area contributed by atoms with Gasteiger partial charge < -0.3 is 10.2 Å². The number of phenolic OH excluding ortho intramolecular Hbond substituents is 1. The van der Waals surface area contributed by atoms with Crippen LogP contribution in [0.25, 0.3) is 0 Å². The van der Waals surface area contributed by atoms with Crippen molar-refractivity contribution in [3.8, 4) is 5.75 Å². The van der Waals surface area contributed by atoms with E-state index >= 15 is 0 Å². The topological polar surface area (TPSA) is 43.7 Å². The molecule has 0 amide bonds. The third kappa shape index (κ3) is 3.20. The van der Waals surface area contributed by atoms with Crippen LogP contribution in [-0.2, 0) is 13.2 Å². The maximum atomic E-state index is 9.87. The zero-order valence-electron chi connectivity index (χ0n) is 10.4. The summed E-state index contributed by atoms with van der Waals surface area (Å²) in [6.45, 7) is 5.31. The Morgan fingerprint density at radius 3 is 2.59 bits per heavy atom.